The van der Waals surface area contributed by atoms with Crippen LogP contribution >= 0.6 is 11.3 Å². The Morgan fingerprint density at radius 3 is 2.89 bits per heavy atom. The summed E-state index contributed by atoms with van der Waals surface area (Å²) in [5.41, 5.74) is 0. The molecule has 0 saturated heterocycles. The fourth-order valence-corrected chi connectivity index (χ4v) is 3.89. The predicted octanol–water partition coefficient (Wildman–Crippen LogP) is 2.08. The van der Waals surface area contributed by atoms with Gasteiger partial charge in [-0.25, -0.2) is 13.1 Å². The van der Waals surface area contributed by atoms with Gasteiger partial charge in [0.1, 0.15) is 0 Å². The van der Waals surface area contributed by atoms with E-state index in [-0.39, 0.29) is 0 Å². The fourth-order valence-electron chi connectivity index (χ4n) is 1.59. The highest BCUT2D eigenvalue weighted by atomic mass is 32.2. The molecule has 0 bridgehead atoms. The smallest absolute Gasteiger partial charge is 0.241 e. The summed E-state index contributed by atoms with van der Waals surface area (Å²) in [6.45, 7) is 3.34. The van der Waals surface area contributed by atoms with Gasteiger partial charge in [0.25, 0.3) is 0 Å². The van der Waals surface area contributed by atoms with Gasteiger partial charge in [-0.3, -0.25) is 0 Å². The van der Waals surface area contributed by atoms with Crippen LogP contribution in [0.15, 0.2) is 16.3 Å². The summed E-state index contributed by atoms with van der Waals surface area (Å²) >= 11 is 1.50. The maximum Gasteiger partial charge on any atom is 0.241 e. The van der Waals surface area contributed by atoms with Crippen LogP contribution in [-0.4, -0.2) is 21.0 Å². The molecule has 4 nitrogen and oxygen atoms in total. The average Bonchev–Trinajstić information content (AvgIpc) is 3.03. The third kappa shape index (κ3) is 4.05. The third-order valence-corrected chi connectivity index (χ3v) is 5.43. The van der Waals surface area contributed by atoms with Gasteiger partial charge in [0, 0.05) is 29.4 Å². The van der Waals surface area contributed by atoms with Crippen molar-refractivity contribution in [1.82, 2.24) is 10.0 Å². The molecule has 0 aromatic carbocycles. The summed E-state index contributed by atoms with van der Waals surface area (Å²) in [4.78, 5) is 1.48. The molecule has 0 amide bonds. The normalized spacial score (nSPS) is 16.1. The highest BCUT2D eigenvalue weighted by molar-refractivity contribution is 7.89. The summed E-state index contributed by atoms with van der Waals surface area (Å²) in [6, 6.07) is 2.42. The molecule has 1 aromatic rings. The van der Waals surface area contributed by atoms with E-state index in [1.165, 1.54) is 24.2 Å². The molecule has 2 rings (SSSR count). The van der Waals surface area contributed by atoms with Crippen molar-refractivity contribution in [2.45, 2.75) is 50.1 Å². The monoisotopic (exact) mass is 288 g/mol. The largest absolute Gasteiger partial charge is 0.309 e. The minimum Gasteiger partial charge on any atom is -0.309 e. The molecule has 0 atom stereocenters. The van der Waals surface area contributed by atoms with Crippen molar-refractivity contribution < 1.29 is 8.42 Å². The Morgan fingerprint density at radius 2 is 2.22 bits per heavy atom. The van der Waals surface area contributed by atoms with E-state index in [0.717, 1.165) is 24.3 Å². The first-order valence-electron chi connectivity index (χ1n) is 6.42. The zero-order valence-electron chi connectivity index (χ0n) is 10.6. The molecule has 1 fully saturated rings. The summed E-state index contributed by atoms with van der Waals surface area (Å²) in [6.07, 6.45) is 4.35. The number of thiophene rings is 1. The molecule has 102 valence electrons. The highest BCUT2D eigenvalue weighted by Crippen LogP contribution is 2.22. The summed E-state index contributed by atoms with van der Waals surface area (Å²) in [7, 11) is -3.30. The quantitative estimate of drug-likeness (QED) is 0.720. The van der Waals surface area contributed by atoms with Gasteiger partial charge in [0.05, 0.1) is 4.90 Å². The van der Waals surface area contributed by atoms with Crippen LogP contribution in [0.1, 0.15) is 37.5 Å². The van der Waals surface area contributed by atoms with Gasteiger partial charge in [0.15, 0.2) is 0 Å². The lowest BCUT2D eigenvalue weighted by Gasteiger charge is -2.03. The van der Waals surface area contributed by atoms with Gasteiger partial charge < -0.3 is 5.32 Å². The lowest BCUT2D eigenvalue weighted by molar-refractivity contribution is 0.578. The maximum absolute atomic E-state index is 11.9. The number of sulfonamides is 1. The van der Waals surface area contributed by atoms with Gasteiger partial charge >= 0.3 is 0 Å². The Balaban J connectivity index is 1.90. The standard InChI is InChI=1S/C12H20N2O2S2/c1-2-3-6-14-18(15,16)12-7-11(17-9-12)8-13-10-4-5-10/h7,9-10,13-14H,2-6,8H2,1H3. The van der Waals surface area contributed by atoms with Crippen molar-refractivity contribution in [3.8, 4) is 0 Å². The SMILES string of the molecule is CCCCNS(=O)(=O)c1csc(CNC2CC2)c1. The Hall–Kier alpha value is -0.430. The third-order valence-electron chi connectivity index (χ3n) is 2.90. The number of rotatable bonds is 8. The van der Waals surface area contributed by atoms with Crippen molar-refractivity contribution in [3.63, 3.8) is 0 Å². The summed E-state index contributed by atoms with van der Waals surface area (Å²) < 4.78 is 26.5. The second-order valence-corrected chi connectivity index (χ2v) is 7.42. The van der Waals surface area contributed by atoms with E-state index in [9.17, 15) is 8.42 Å². The average molecular weight is 288 g/mol. The minimum atomic E-state index is -3.30. The van der Waals surface area contributed by atoms with Crippen LogP contribution in [0.2, 0.25) is 0 Å². The van der Waals surface area contributed by atoms with Crippen molar-refractivity contribution in [2.24, 2.45) is 0 Å². The van der Waals surface area contributed by atoms with Crippen molar-refractivity contribution in [3.05, 3.63) is 16.3 Å². The second kappa shape index (κ2) is 6.14. The molecular formula is C12H20N2O2S2. The van der Waals surface area contributed by atoms with Crippen LogP contribution in [0.5, 0.6) is 0 Å². The highest BCUT2D eigenvalue weighted by Gasteiger charge is 2.21. The number of unbranched alkanes of at least 4 members (excludes halogenated alkanes) is 1. The molecule has 0 spiro atoms. The maximum atomic E-state index is 11.9. The molecule has 0 radical (unpaired) electrons. The molecular weight excluding hydrogens is 268 g/mol. The number of hydrogen-bond acceptors (Lipinski definition) is 4. The summed E-state index contributed by atoms with van der Waals surface area (Å²) in [5.74, 6) is 0. The molecule has 1 heterocycles. The zero-order valence-corrected chi connectivity index (χ0v) is 12.2. The molecule has 1 aliphatic carbocycles. The zero-order chi connectivity index (χ0) is 13.0. The van der Waals surface area contributed by atoms with Crippen molar-refractivity contribution >= 4 is 21.4 Å². The van der Waals surface area contributed by atoms with E-state index in [0.29, 0.717) is 17.5 Å². The fraction of sp³-hybridized carbons (Fsp3) is 0.667. The van der Waals surface area contributed by atoms with Crippen LogP contribution in [-0.2, 0) is 16.6 Å². The van der Waals surface area contributed by atoms with E-state index in [1.807, 2.05) is 6.92 Å². The van der Waals surface area contributed by atoms with Crippen LogP contribution in [0.3, 0.4) is 0 Å². The van der Waals surface area contributed by atoms with E-state index < -0.39 is 10.0 Å². The van der Waals surface area contributed by atoms with Crippen LogP contribution in [0.4, 0.5) is 0 Å². The first-order valence-corrected chi connectivity index (χ1v) is 8.78. The van der Waals surface area contributed by atoms with Gasteiger partial charge in [-0.15, -0.1) is 11.3 Å². The van der Waals surface area contributed by atoms with Gasteiger partial charge in [-0.1, -0.05) is 13.3 Å². The molecule has 1 aromatic heterocycles. The first kappa shape index (κ1) is 14.0. The van der Waals surface area contributed by atoms with E-state index in [1.54, 1.807) is 11.4 Å². The molecule has 0 aliphatic heterocycles. The van der Waals surface area contributed by atoms with Crippen LogP contribution in [0, 0.1) is 0 Å². The molecule has 6 heteroatoms. The number of hydrogen-bond donors (Lipinski definition) is 2. The lowest BCUT2D eigenvalue weighted by atomic mass is 10.3. The summed E-state index contributed by atoms with van der Waals surface area (Å²) in [5, 5.41) is 5.11. The Labute approximate surface area is 113 Å². The topological polar surface area (TPSA) is 58.2 Å². The Kier molecular flexibility index (Phi) is 4.77. The van der Waals surface area contributed by atoms with Gasteiger partial charge in [0.2, 0.25) is 10.0 Å². The predicted molar refractivity (Wildman–Crippen MR) is 74.3 cm³/mol. The van der Waals surface area contributed by atoms with Gasteiger partial charge in [-0.2, -0.15) is 0 Å². The molecule has 1 saturated carbocycles. The van der Waals surface area contributed by atoms with Gasteiger partial charge in [-0.05, 0) is 25.3 Å². The van der Waals surface area contributed by atoms with E-state index >= 15 is 0 Å². The minimum absolute atomic E-state index is 0.399. The first-order chi connectivity index (χ1) is 8.62. The molecule has 18 heavy (non-hydrogen) atoms. The molecule has 0 unspecified atom stereocenters. The lowest BCUT2D eigenvalue weighted by Crippen LogP contribution is -2.24. The van der Waals surface area contributed by atoms with Crippen molar-refractivity contribution in [2.75, 3.05) is 6.54 Å². The number of nitrogens with one attached hydrogen (secondary N) is 2. The Bertz CT molecular complexity index is 478. The van der Waals surface area contributed by atoms with Crippen LogP contribution < -0.4 is 10.0 Å². The molecule has 1 aliphatic rings. The Morgan fingerprint density at radius 1 is 1.44 bits per heavy atom. The van der Waals surface area contributed by atoms with E-state index in [4.69, 9.17) is 0 Å². The second-order valence-electron chi connectivity index (χ2n) is 4.66. The van der Waals surface area contributed by atoms with Crippen molar-refractivity contribution in [1.29, 1.82) is 0 Å². The van der Waals surface area contributed by atoms with E-state index in [2.05, 4.69) is 10.0 Å². The van der Waals surface area contributed by atoms with Crippen LogP contribution in [0.25, 0.3) is 0 Å². The molecule has 2 N–H and O–H groups in total.